The van der Waals surface area contributed by atoms with Crippen LogP contribution in [0.25, 0.3) is 0 Å². The molecular formula is C12H16ClF3N2O2. The summed E-state index contributed by atoms with van der Waals surface area (Å²) in [6.45, 7) is 0.981. The molecule has 0 heterocycles. The molecule has 4 nitrogen and oxygen atoms in total. The Morgan fingerprint density at radius 1 is 1.25 bits per heavy atom. The number of carbonyl (C=O) groups is 1. The van der Waals surface area contributed by atoms with E-state index in [1.54, 1.807) is 0 Å². The fourth-order valence-electron chi connectivity index (χ4n) is 1.39. The van der Waals surface area contributed by atoms with E-state index >= 15 is 0 Å². The topological polar surface area (TPSA) is 64.3 Å². The van der Waals surface area contributed by atoms with E-state index in [1.807, 2.05) is 0 Å². The predicted octanol–water partition coefficient (Wildman–Crippen LogP) is 2.01. The molecule has 1 rings (SSSR count). The van der Waals surface area contributed by atoms with Crippen molar-refractivity contribution in [3.8, 4) is 5.75 Å². The van der Waals surface area contributed by atoms with Gasteiger partial charge in [0, 0.05) is 6.54 Å². The maximum absolute atomic E-state index is 11.9. The minimum absolute atomic E-state index is 0. The zero-order valence-electron chi connectivity index (χ0n) is 10.6. The fraction of sp³-hybridized carbons (Fsp3) is 0.417. The van der Waals surface area contributed by atoms with Crippen LogP contribution in [0.1, 0.15) is 12.0 Å². The number of rotatable bonds is 6. The van der Waals surface area contributed by atoms with Crippen LogP contribution in [0, 0.1) is 0 Å². The molecule has 0 aliphatic rings. The molecule has 0 aliphatic carbocycles. The number of nitrogens with one attached hydrogen (secondary N) is 1. The molecule has 0 aromatic heterocycles. The van der Waals surface area contributed by atoms with Gasteiger partial charge in [0.1, 0.15) is 5.75 Å². The summed E-state index contributed by atoms with van der Waals surface area (Å²) in [7, 11) is 0. The lowest BCUT2D eigenvalue weighted by Gasteiger charge is -2.09. The highest BCUT2D eigenvalue weighted by Gasteiger charge is 2.30. The Balaban J connectivity index is 0.00000361. The van der Waals surface area contributed by atoms with Gasteiger partial charge in [-0.25, -0.2) is 0 Å². The van der Waals surface area contributed by atoms with E-state index in [4.69, 9.17) is 5.73 Å². The molecule has 0 fully saturated rings. The van der Waals surface area contributed by atoms with Crippen molar-refractivity contribution >= 4 is 18.3 Å². The summed E-state index contributed by atoms with van der Waals surface area (Å²) >= 11 is 0. The Labute approximate surface area is 120 Å². The monoisotopic (exact) mass is 312 g/mol. The minimum Gasteiger partial charge on any atom is -0.406 e. The van der Waals surface area contributed by atoms with Crippen LogP contribution in [0.4, 0.5) is 13.2 Å². The number of hydrogen-bond donors (Lipinski definition) is 2. The molecule has 0 spiro atoms. The van der Waals surface area contributed by atoms with Gasteiger partial charge in [-0.2, -0.15) is 0 Å². The molecule has 114 valence electrons. The Bertz CT molecular complexity index is 410. The quantitative estimate of drug-likeness (QED) is 0.790. The van der Waals surface area contributed by atoms with Crippen LogP contribution in [0.3, 0.4) is 0 Å². The first kappa shape index (κ1) is 18.5. The highest BCUT2D eigenvalue weighted by atomic mass is 35.5. The molecule has 0 unspecified atom stereocenters. The van der Waals surface area contributed by atoms with Gasteiger partial charge < -0.3 is 15.8 Å². The van der Waals surface area contributed by atoms with E-state index in [-0.39, 0.29) is 30.5 Å². The predicted molar refractivity (Wildman–Crippen MR) is 70.8 cm³/mol. The van der Waals surface area contributed by atoms with Crippen molar-refractivity contribution in [3.05, 3.63) is 29.8 Å². The molecule has 1 aromatic carbocycles. The van der Waals surface area contributed by atoms with Gasteiger partial charge in [0.2, 0.25) is 5.91 Å². The van der Waals surface area contributed by atoms with Gasteiger partial charge in [-0.15, -0.1) is 25.6 Å². The van der Waals surface area contributed by atoms with Crippen LogP contribution in [-0.4, -0.2) is 25.4 Å². The zero-order chi connectivity index (χ0) is 14.3. The average Bonchev–Trinajstić information content (AvgIpc) is 2.30. The zero-order valence-corrected chi connectivity index (χ0v) is 11.4. The normalized spacial score (nSPS) is 10.6. The summed E-state index contributed by atoms with van der Waals surface area (Å²) in [5.74, 6) is -0.502. The van der Waals surface area contributed by atoms with E-state index in [9.17, 15) is 18.0 Å². The number of amides is 1. The average molecular weight is 313 g/mol. The van der Waals surface area contributed by atoms with Gasteiger partial charge >= 0.3 is 6.36 Å². The Kier molecular flexibility index (Phi) is 8.02. The fourth-order valence-corrected chi connectivity index (χ4v) is 1.39. The summed E-state index contributed by atoms with van der Waals surface area (Å²) in [6, 6.07) is 5.19. The lowest BCUT2D eigenvalue weighted by atomic mass is 10.1. The molecule has 1 aromatic rings. The highest BCUT2D eigenvalue weighted by Crippen LogP contribution is 2.22. The largest absolute Gasteiger partial charge is 0.573 e. The van der Waals surface area contributed by atoms with Crippen molar-refractivity contribution in [1.29, 1.82) is 0 Å². The Morgan fingerprint density at radius 3 is 2.35 bits per heavy atom. The second-order valence-electron chi connectivity index (χ2n) is 3.86. The molecule has 8 heteroatoms. The van der Waals surface area contributed by atoms with E-state index < -0.39 is 6.36 Å². The minimum atomic E-state index is -4.71. The summed E-state index contributed by atoms with van der Waals surface area (Å²) in [4.78, 5) is 11.4. The van der Waals surface area contributed by atoms with Crippen LogP contribution >= 0.6 is 12.4 Å². The SMILES string of the molecule is Cl.NCCCNC(=O)Cc1ccc(OC(F)(F)F)cc1. The summed E-state index contributed by atoms with van der Waals surface area (Å²) in [5, 5.41) is 2.65. The van der Waals surface area contributed by atoms with Crippen LogP contribution in [-0.2, 0) is 11.2 Å². The molecule has 0 aliphatic heterocycles. The van der Waals surface area contributed by atoms with Crippen molar-refractivity contribution in [2.75, 3.05) is 13.1 Å². The number of hydrogen-bond acceptors (Lipinski definition) is 3. The van der Waals surface area contributed by atoms with E-state index in [1.165, 1.54) is 24.3 Å². The first-order valence-electron chi connectivity index (χ1n) is 5.72. The lowest BCUT2D eigenvalue weighted by Crippen LogP contribution is -2.27. The third-order valence-corrected chi connectivity index (χ3v) is 2.22. The standard InChI is InChI=1S/C12H15F3N2O2.ClH/c13-12(14,15)19-10-4-2-9(3-5-10)8-11(18)17-7-1-6-16;/h2-5H,1,6-8,16H2,(H,17,18);1H. The van der Waals surface area contributed by atoms with Crippen LogP contribution in [0.2, 0.25) is 0 Å². The number of nitrogens with two attached hydrogens (primary N) is 1. The third kappa shape index (κ3) is 7.85. The number of carbonyl (C=O) groups excluding carboxylic acids is 1. The van der Waals surface area contributed by atoms with E-state index in [0.29, 0.717) is 25.1 Å². The van der Waals surface area contributed by atoms with Crippen molar-refractivity contribution in [3.63, 3.8) is 0 Å². The third-order valence-electron chi connectivity index (χ3n) is 2.22. The van der Waals surface area contributed by atoms with Gasteiger partial charge in [-0.3, -0.25) is 4.79 Å². The molecule has 1 amide bonds. The number of alkyl halides is 3. The number of benzene rings is 1. The highest BCUT2D eigenvalue weighted by molar-refractivity contribution is 5.85. The summed E-state index contributed by atoms with van der Waals surface area (Å²) in [6.07, 6.45) is -3.91. The Morgan fingerprint density at radius 2 is 1.85 bits per heavy atom. The molecule has 20 heavy (non-hydrogen) atoms. The summed E-state index contributed by atoms with van der Waals surface area (Å²) < 4.78 is 39.5. The molecule has 0 atom stereocenters. The second kappa shape index (κ2) is 8.65. The van der Waals surface area contributed by atoms with Crippen molar-refractivity contribution in [1.82, 2.24) is 5.32 Å². The van der Waals surface area contributed by atoms with Gasteiger partial charge in [0.25, 0.3) is 0 Å². The van der Waals surface area contributed by atoms with Crippen LogP contribution < -0.4 is 15.8 Å². The maximum Gasteiger partial charge on any atom is 0.573 e. The molecule has 0 radical (unpaired) electrons. The summed E-state index contributed by atoms with van der Waals surface area (Å²) in [5.41, 5.74) is 5.89. The van der Waals surface area contributed by atoms with Gasteiger partial charge in [-0.1, -0.05) is 12.1 Å². The molecule has 0 saturated carbocycles. The Hall–Kier alpha value is -1.47. The molecular weight excluding hydrogens is 297 g/mol. The van der Waals surface area contributed by atoms with Gasteiger partial charge in [0.05, 0.1) is 6.42 Å². The van der Waals surface area contributed by atoms with E-state index in [2.05, 4.69) is 10.1 Å². The smallest absolute Gasteiger partial charge is 0.406 e. The molecule has 3 N–H and O–H groups in total. The van der Waals surface area contributed by atoms with Crippen LogP contribution in [0.15, 0.2) is 24.3 Å². The first-order chi connectivity index (χ1) is 8.90. The first-order valence-corrected chi connectivity index (χ1v) is 5.72. The number of ether oxygens (including phenoxy) is 1. The maximum atomic E-state index is 11.9. The molecule has 0 saturated heterocycles. The lowest BCUT2D eigenvalue weighted by molar-refractivity contribution is -0.274. The van der Waals surface area contributed by atoms with E-state index in [0.717, 1.165) is 0 Å². The second-order valence-corrected chi connectivity index (χ2v) is 3.86. The van der Waals surface area contributed by atoms with Gasteiger partial charge in [-0.05, 0) is 30.7 Å². The molecule has 0 bridgehead atoms. The van der Waals surface area contributed by atoms with Crippen molar-refractivity contribution in [2.24, 2.45) is 5.73 Å². The van der Waals surface area contributed by atoms with Crippen molar-refractivity contribution in [2.45, 2.75) is 19.2 Å². The van der Waals surface area contributed by atoms with Crippen molar-refractivity contribution < 1.29 is 22.7 Å². The van der Waals surface area contributed by atoms with Gasteiger partial charge in [0.15, 0.2) is 0 Å². The number of halogens is 4. The van der Waals surface area contributed by atoms with Crippen LogP contribution in [0.5, 0.6) is 5.75 Å².